The van der Waals surface area contributed by atoms with Crippen LogP contribution in [-0.4, -0.2) is 55.5 Å². The van der Waals surface area contributed by atoms with Gasteiger partial charge in [0.25, 0.3) is 0 Å². The zero-order chi connectivity index (χ0) is 23.6. The molecule has 4 saturated carbocycles. The quantitative estimate of drug-likeness (QED) is 0.440. The molecule has 0 aromatic heterocycles. The summed E-state index contributed by atoms with van der Waals surface area (Å²) in [6.07, 6.45) is 4.97. The summed E-state index contributed by atoms with van der Waals surface area (Å²) in [6.45, 7) is 10.8. The van der Waals surface area contributed by atoms with Crippen molar-refractivity contribution in [3.8, 4) is 0 Å². The molecular weight excluding hydrogens is 404 g/mol. The Bertz CT molecular complexity index is 683. The highest BCUT2D eigenvalue weighted by Crippen LogP contribution is 2.69. The monoisotopic (exact) mass is 452 g/mol. The van der Waals surface area contributed by atoms with Crippen LogP contribution in [0.1, 0.15) is 92.4 Å². The maximum atomic E-state index is 12.3. The predicted molar refractivity (Wildman–Crippen MR) is 125 cm³/mol. The lowest BCUT2D eigenvalue weighted by molar-refractivity contribution is -0.263. The van der Waals surface area contributed by atoms with Gasteiger partial charge in [0.05, 0.1) is 30.0 Å². The molecule has 5 heteroatoms. The molecule has 0 heterocycles. The standard InChI is InChI=1S/C27H48O5/c1-15(2)20(29)7-6-16(3)18-13-21(30)24-26(18,5)11-9-23-25(4)10-8-17(28)12-19(25)22(31)14-27(23,24)32/h15-24,28-32H,6-14H2,1-5H3/t16-,17+,18-,19+,20+,21-,22+,23-,24-,25+,26-,27+/m1/s1. The first-order chi connectivity index (χ1) is 14.8. The first-order valence-electron chi connectivity index (χ1n) is 13.3. The second-order valence-corrected chi connectivity index (χ2v) is 13.2. The third-order valence-electron chi connectivity index (χ3n) is 11.1. The van der Waals surface area contributed by atoms with Crippen LogP contribution in [-0.2, 0) is 0 Å². The summed E-state index contributed by atoms with van der Waals surface area (Å²) >= 11 is 0. The van der Waals surface area contributed by atoms with Gasteiger partial charge in [0.1, 0.15) is 0 Å². The normalized spacial score (nSPS) is 52.8. The average Bonchev–Trinajstić information content (AvgIpc) is 2.98. The molecule has 0 aromatic rings. The van der Waals surface area contributed by atoms with Crippen molar-refractivity contribution in [2.45, 2.75) is 122 Å². The van der Waals surface area contributed by atoms with Gasteiger partial charge in [0.15, 0.2) is 0 Å². The van der Waals surface area contributed by atoms with Gasteiger partial charge in [-0.2, -0.15) is 0 Å². The van der Waals surface area contributed by atoms with Crippen molar-refractivity contribution in [2.24, 2.45) is 46.3 Å². The largest absolute Gasteiger partial charge is 0.393 e. The summed E-state index contributed by atoms with van der Waals surface area (Å²) in [7, 11) is 0. The smallest absolute Gasteiger partial charge is 0.0763 e. The molecule has 0 unspecified atom stereocenters. The lowest BCUT2D eigenvalue weighted by Gasteiger charge is -2.66. The van der Waals surface area contributed by atoms with Crippen molar-refractivity contribution < 1.29 is 25.5 Å². The minimum atomic E-state index is -1.06. The molecule has 32 heavy (non-hydrogen) atoms. The van der Waals surface area contributed by atoms with Crippen molar-refractivity contribution in [3.05, 3.63) is 0 Å². The second-order valence-electron chi connectivity index (χ2n) is 13.2. The summed E-state index contributed by atoms with van der Waals surface area (Å²) in [6, 6.07) is 0. The predicted octanol–water partition coefficient (Wildman–Crippen LogP) is 3.50. The van der Waals surface area contributed by atoms with Crippen LogP contribution in [0.3, 0.4) is 0 Å². The third-order valence-corrected chi connectivity index (χ3v) is 11.1. The Labute approximate surface area is 194 Å². The fourth-order valence-electron chi connectivity index (χ4n) is 9.37. The zero-order valence-corrected chi connectivity index (χ0v) is 20.9. The average molecular weight is 453 g/mol. The van der Waals surface area contributed by atoms with E-state index in [1.165, 1.54) is 0 Å². The molecular formula is C27H48O5. The van der Waals surface area contributed by atoms with Crippen LogP contribution in [0.2, 0.25) is 0 Å². The van der Waals surface area contributed by atoms with E-state index < -0.39 is 17.8 Å². The van der Waals surface area contributed by atoms with Gasteiger partial charge >= 0.3 is 0 Å². The molecule has 0 aliphatic heterocycles. The molecule has 4 aliphatic carbocycles. The number of hydrogen-bond acceptors (Lipinski definition) is 5. The molecule has 186 valence electrons. The Morgan fingerprint density at radius 3 is 2.19 bits per heavy atom. The van der Waals surface area contributed by atoms with Crippen LogP contribution < -0.4 is 0 Å². The van der Waals surface area contributed by atoms with E-state index in [0.717, 1.165) is 38.5 Å². The highest BCUT2D eigenvalue weighted by molar-refractivity contribution is 5.20. The van der Waals surface area contributed by atoms with Gasteiger partial charge in [-0.15, -0.1) is 0 Å². The fraction of sp³-hybridized carbons (Fsp3) is 1.00. The molecule has 0 radical (unpaired) electrons. The fourth-order valence-corrected chi connectivity index (χ4v) is 9.37. The van der Waals surface area contributed by atoms with Crippen LogP contribution in [0, 0.1) is 46.3 Å². The van der Waals surface area contributed by atoms with Crippen molar-refractivity contribution in [3.63, 3.8) is 0 Å². The van der Waals surface area contributed by atoms with E-state index in [1.54, 1.807) is 0 Å². The number of aliphatic hydroxyl groups excluding tert-OH is 4. The molecule has 4 fully saturated rings. The highest BCUT2D eigenvalue weighted by Gasteiger charge is 2.70. The van der Waals surface area contributed by atoms with Crippen LogP contribution in [0.15, 0.2) is 0 Å². The minimum absolute atomic E-state index is 0.0201. The number of fused-ring (bicyclic) bond motifs is 5. The van der Waals surface area contributed by atoms with Crippen molar-refractivity contribution in [1.29, 1.82) is 0 Å². The van der Waals surface area contributed by atoms with Crippen molar-refractivity contribution >= 4 is 0 Å². The number of hydrogen-bond donors (Lipinski definition) is 5. The summed E-state index contributed by atoms with van der Waals surface area (Å²) < 4.78 is 0. The van der Waals surface area contributed by atoms with E-state index in [9.17, 15) is 25.5 Å². The molecule has 12 atom stereocenters. The van der Waals surface area contributed by atoms with E-state index in [4.69, 9.17) is 0 Å². The van der Waals surface area contributed by atoms with Gasteiger partial charge in [0.2, 0.25) is 0 Å². The second kappa shape index (κ2) is 8.48. The van der Waals surface area contributed by atoms with E-state index in [-0.39, 0.29) is 46.7 Å². The number of rotatable bonds is 5. The molecule has 0 saturated heterocycles. The van der Waals surface area contributed by atoms with Crippen molar-refractivity contribution in [2.75, 3.05) is 0 Å². The maximum absolute atomic E-state index is 12.3. The van der Waals surface area contributed by atoms with Crippen LogP contribution >= 0.6 is 0 Å². The molecule has 0 aromatic carbocycles. The lowest BCUT2D eigenvalue weighted by atomic mass is 9.42. The van der Waals surface area contributed by atoms with Crippen LogP contribution in [0.25, 0.3) is 0 Å². The van der Waals surface area contributed by atoms with Crippen LogP contribution in [0.4, 0.5) is 0 Å². The van der Waals surface area contributed by atoms with E-state index in [0.29, 0.717) is 31.1 Å². The van der Waals surface area contributed by atoms with Gasteiger partial charge in [-0.3, -0.25) is 0 Å². The minimum Gasteiger partial charge on any atom is -0.393 e. The molecule has 5 nitrogen and oxygen atoms in total. The highest BCUT2D eigenvalue weighted by atomic mass is 16.3. The first-order valence-corrected chi connectivity index (χ1v) is 13.3. The summed E-state index contributed by atoms with van der Waals surface area (Å²) in [5, 5.41) is 55.4. The molecule has 0 bridgehead atoms. The molecule has 0 amide bonds. The molecule has 4 aliphatic rings. The van der Waals surface area contributed by atoms with E-state index >= 15 is 0 Å². The van der Waals surface area contributed by atoms with Gasteiger partial charge < -0.3 is 25.5 Å². The SMILES string of the molecule is CC(C)[C@@H](O)CC[C@@H](C)[C@H]1C[C@@H](O)[C@@H]2[C@]1(C)CC[C@@H]1[C@@]3(C)CC[C@H](O)C[C@H]3[C@@H](O)C[C@]12O. The lowest BCUT2D eigenvalue weighted by Crippen LogP contribution is -2.68. The van der Waals surface area contributed by atoms with Crippen LogP contribution in [0.5, 0.6) is 0 Å². The summed E-state index contributed by atoms with van der Waals surface area (Å²) in [5.74, 6) is 0.780. The van der Waals surface area contributed by atoms with Gasteiger partial charge in [-0.1, -0.05) is 34.6 Å². The molecule has 5 N–H and O–H groups in total. The number of aliphatic hydroxyl groups is 5. The Balaban J connectivity index is 1.59. The molecule has 4 rings (SSSR count). The Morgan fingerprint density at radius 1 is 0.875 bits per heavy atom. The molecule has 0 spiro atoms. The van der Waals surface area contributed by atoms with Gasteiger partial charge in [-0.25, -0.2) is 0 Å². The Kier molecular flexibility index (Phi) is 6.60. The van der Waals surface area contributed by atoms with Gasteiger partial charge in [0, 0.05) is 12.3 Å². The van der Waals surface area contributed by atoms with Crippen molar-refractivity contribution in [1.82, 2.24) is 0 Å². The summed E-state index contributed by atoms with van der Waals surface area (Å²) in [5.41, 5.74) is -1.42. The Morgan fingerprint density at radius 2 is 1.53 bits per heavy atom. The maximum Gasteiger partial charge on any atom is 0.0763 e. The summed E-state index contributed by atoms with van der Waals surface area (Å²) in [4.78, 5) is 0. The third kappa shape index (κ3) is 3.69. The first kappa shape index (κ1) is 24.9. The topological polar surface area (TPSA) is 101 Å². The van der Waals surface area contributed by atoms with E-state index in [1.807, 2.05) is 0 Å². The van der Waals surface area contributed by atoms with Gasteiger partial charge in [-0.05, 0) is 91.8 Å². The Hall–Kier alpha value is -0.200. The zero-order valence-electron chi connectivity index (χ0n) is 20.9. The van der Waals surface area contributed by atoms with E-state index in [2.05, 4.69) is 34.6 Å².